The fourth-order valence-electron chi connectivity index (χ4n) is 4.25. The van der Waals surface area contributed by atoms with Gasteiger partial charge in [0.15, 0.2) is 0 Å². The first-order valence-corrected chi connectivity index (χ1v) is 24.9. The molecule has 278 valence electrons. The lowest BCUT2D eigenvalue weighted by atomic mass is 10.2. The maximum absolute atomic E-state index is 12.7. The highest BCUT2D eigenvalue weighted by atomic mass is 33.1. The Kier molecular flexibility index (Phi) is 16.0. The van der Waals surface area contributed by atoms with E-state index in [-0.39, 0.29) is 34.3 Å². The minimum Gasteiger partial charge on any atom is -0.383 e. The molecule has 0 radical (unpaired) electrons. The Morgan fingerprint density at radius 2 is 1.76 bits per heavy atom. The summed E-state index contributed by atoms with van der Waals surface area (Å²) in [6.07, 6.45) is 1.02. The highest BCUT2D eigenvalue weighted by Gasteiger charge is 2.42. The van der Waals surface area contributed by atoms with E-state index in [1.54, 1.807) is 43.1 Å². The van der Waals surface area contributed by atoms with Crippen LogP contribution in [0.5, 0.6) is 0 Å². The SMILES string of the molecule is CC(C)(C)SSCOC1C[C@H](n2cc(C#CCOCSSC(C)(C)CN)c3c(N)ncnc32)O[C@@H]1COP(=O)(O)CP(=O)(O)CP(=O)(O)O. The van der Waals surface area contributed by atoms with E-state index in [0.717, 1.165) is 0 Å². The summed E-state index contributed by atoms with van der Waals surface area (Å²) in [4.78, 5) is 47.0. The predicted octanol–water partition coefficient (Wildman–Crippen LogP) is 4.83. The van der Waals surface area contributed by atoms with Gasteiger partial charge in [0.05, 0.1) is 23.7 Å². The molecule has 8 N–H and O–H groups in total. The topological polar surface area (TPSA) is 252 Å². The zero-order valence-electron chi connectivity index (χ0n) is 27.7. The van der Waals surface area contributed by atoms with E-state index in [0.29, 0.717) is 29.1 Å². The van der Waals surface area contributed by atoms with Crippen LogP contribution in [0.4, 0.5) is 5.82 Å². The molecule has 49 heavy (non-hydrogen) atoms. The van der Waals surface area contributed by atoms with Crippen LogP contribution in [0.1, 0.15) is 52.8 Å². The summed E-state index contributed by atoms with van der Waals surface area (Å²) >= 11 is 0. The monoisotopic (exact) mass is 823 g/mol. The predicted molar refractivity (Wildman–Crippen MR) is 199 cm³/mol. The van der Waals surface area contributed by atoms with Gasteiger partial charge in [0.2, 0.25) is 7.37 Å². The van der Waals surface area contributed by atoms with Crippen molar-refractivity contribution < 1.29 is 52.0 Å². The Bertz CT molecular complexity index is 1630. The van der Waals surface area contributed by atoms with Crippen LogP contribution < -0.4 is 11.5 Å². The molecule has 0 aliphatic carbocycles. The third kappa shape index (κ3) is 14.9. The molecule has 1 aliphatic heterocycles. The number of nitrogen functional groups attached to an aromatic ring is 1. The minimum absolute atomic E-state index is 0.0362. The lowest BCUT2D eigenvalue weighted by molar-refractivity contribution is -0.0495. The van der Waals surface area contributed by atoms with Crippen molar-refractivity contribution in [3.05, 3.63) is 18.1 Å². The number of nitrogens with zero attached hydrogens (tertiary/aromatic N) is 3. The van der Waals surface area contributed by atoms with Crippen molar-refractivity contribution in [3.63, 3.8) is 0 Å². The second kappa shape index (κ2) is 18.2. The van der Waals surface area contributed by atoms with Crippen molar-refractivity contribution in [2.24, 2.45) is 5.73 Å². The summed E-state index contributed by atoms with van der Waals surface area (Å²) in [6, 6.07) is 0. The molecule has 23 heteroatoms. The third-order valence-corrected chi connectivity index (χ3v) is 19.3. The number of anilines is 1. The van der Waals surface area contributed by atoms with Crippen molar-refractivity contribution in [2.75, 3.05) is 49.2 Å². The van der Waals surface area contributed by atoms with Crippen molar-refractivity contribution in [1.29, 1.82) is 0 Å². The maximum atomic E-state index is 12.7. The van der Waals surface area contributed by atoms with Gasteiger partial charge in [0.1, 0.15) is 60.4 Å². The van der Waals surface area contributed by atoms with E-state index in [2.05, 4.69) is 56.4 Å². The summed E-state index contributed by atoms with van der Waals surface area (Å²) in [5.74, 6) is 4.15. The molecular formula is C26H44N5O11P3S4. The summed E-state index contributed by atoms with van der Waals surface area (Å²) in [6.45, 7) is 10.5. The molecule has 1 saturated heterocycles. The number of nitrogens with two attached hydrogens (primary N) is 2. The van der Waals surface area contributed by atoms with Crippen molar-refractivity contribution in [3.8, 4) is 11.8 Å². The number of fused-ring (bicyclic) bond motifs is 1. The first-order chi connectivity index (χ1) is 22.6. The van der Waals surface area contributed by atoms with Gasteiger partial charge in [-0.2, -0.15) is 0 Å². The second-order valence-corrected chi connectivity index (χ2v) is 25.4. The van der Waals surface area contributed by atoms with Crippen LogP contribution in [-0.4, -0.2) is 99.3 Å². The summed E-state index contributed by atoms with van der Waals surface area (Å²) < 4.78 is 61.0. The first-order valence-electron chi connectivity index (χ1n) is 14.7. The van der Waals surface area contributed by atoms with E-state index in [4.69, 9.17) is 40.0 Å². The van der Waals surface area contributed by atoms with E-state index in [9.17, 15) is 23.5 Å². The molecule has 0 saturated carbocycles. The van der Waals surface area contributed by atoms with Crippen LogP contribution in [0.15, 0.2) is 12.5 Å². The fourth-order valence-corrected chi connectivity index (χ4v) is 14.8. The van der Waals surface area contributed by atoms with Crippen LogP contribution >= 0.6 is 65.7 Å². The van der Waals surface area contributed by atoms with E-state index >= 15 is 0 Å². The van der Waals surface area contributed by atoms with Gasteiger partial charge in [0.25, 0.3) is 0 Å². The van der Waals surface area contributed by atoms with Crippen LogP contribution in [0.3, 0.4) is 0 Å². The lowest BCUT2D eigenvalue weighted by Crippen LogP contribution is -2.29. The van der Waals surface area contributed by atoms with Gasteiger partial charge >= 0.3 is 15.2 Å². The van der Waals surface area contributed by atoms with Gasteiger partial charge in [-0.1, -0.05) is 75.8 Å². The van der Waals surface area contributed by atoms with Gasteiger partial charge in [0, 0.05) is 28.7 Å². The molecule has 1 fully saturated rings. The molecule has 3 unspecified atom stereocenters. The molecule has 0 bridgehead atoms. The highest BCUT2D eigenvalue weighted by molar-refractivity contribution is 8.77. The molecule has 0 spiro atoms. The van der Waals surface area contributed by atoms with Gasteiger partial charge in [-0.3, -0.25) is 13.7 Å². The quantitative estimate of drug-likeness (QED) is 0.0387. The smallest absolute Gasteiger partial charge is 0.337 e. The number of hydrogen-bond acceptors (Lipinski definition) is 15. The molecule has 2 aromatic rings. The second-order valence-electron chi connectivity index (χ2n) is 12.6. The first kappa shape index (κ1) is 43.1. The largest absolute Gasteiger partial charge is 0.383 e. The van der Waals surface area contributed by atoms with E-state index < -0.39 is 59.4 Å². The zero-order chi connectivity index (χ0) is 36.7. The minimum atomic E-state index is -4.93. The Morgan fingerprint density at radius 3 is 2.41 bits per heavy atom. The van der Waals surface area contributed by atoms with Crippen LogP contribution in [0.2, 0.25) is 0 Å². The molecule has 0 aromatic carbocycles. The molecule has 1 aliphatic rings. The van der Waals surface area contributed by atoms with Gasteiger partial charge in [-0.05, 0) is 13.8 Å². The Morgan fingerprint density at radius 1 is 1.06 bits per heavy atom. The van der Waals surface area contributed by atoms with Gasteiger partial charge < -0.3 is 54.3 Å². The number of ether oxygens (including phenoxy) is 3. The summed E-state index contributed by atoms with van der Waals surface area (Å²) in [5.41, 5.74) is 13.0. The molecule has 16 nitrogen and oxygen atoms in total. The van der Waals surface area contributed by atoms with Crippen molar-refractivity contribution in [2.45, 2.75) is 69.0 Å². The Balaban J connectivity index is 1.78. The number of rotatable bonds is 18. The third-order valence-electron chi connectivity index (χ3n) is 6.32. The Hall–Kier alpha value is -0.290. The fraction of sp³-hybridized carbons (Fsp3) is 0.692. The van der Waals surface area contributed by atoms with Gasteiger partial charge in [-0.15, -0.1) is 0 Å². The average Bonchev–Trinajstić information content (AvgIpc) is 3.53. The van der Waals surface area contributed by atoms with Crippen LogP contribution in [0.25, 0.3) is 11.0 Å². The lowest BCUT2D eigenvalue weighted by Gasteiger charge is -2.22. The molecular weight excluding hydrogens is 780 g/mol. The van der Waals surface area contributed by atoms with E-state index in [1.165, 1.54) is 17.1 Å². The normalized spacial score (nSPS) is 21.3. The molecule has 0 amide bonds. The summed E-state index contributed by atoms with van der Waals surface area (Å²) in [5, 5.41) is 0.506. The maximum Gasteiger partial charge on any atom is 0.337 e. The van der Waals surface area contributed by atoms with E-state index in [1.807, 2.05) is 0 Å². The molecule has 3 heterocycles. The molecule has 3 rings (SSSR count). The Labute approximate surface area is 301 Å². The van der Waals surface area contributed by atoms with Crippen LogP contribution in [0, 0.1) is 11.8 Å². The molecule has 5 atom stereocenters. The standard InChI is InChI=1S/C26H44N5O11P3S4/c1-25(2,3)48-47-15-40-19-9-21(42-20(19)11-41-45(37,38)17-43(32,33)16-44(34,35)36)31-10-18(22-23(28)29-13-30-24(22)31)7-6-8-39-14-46-49-26(4,5)12-27/h10,13,19-21H,8-9,11-12,14-17,27H2,1-5H3,(H,32,33)(H,37,38)(H2,28,29,30)(H2,34,35,36)/t19?,20-,21-/m1/s1. The van der Waals surface area contributed by atoms with Gasteiger partial charge in [-0.25, -0.2) is 9.97 Å². The number of hydrogen-bond donors (Lipinski definition) is 6. The average molecular weight is 824 g/mol. The molecule has 2 aromatic heterocycles. The zero-order valence-corrected chi connectivity index (χ0v) is 33.6. The number of aromatic nitrogens is 3. The highest BCUT2D eigenvalue weighted by Crippen LogP contribution is 2.63. The van der Waals surface area contributed by atoms with Crippen LogP contribution in [-0.2, 0) is 32.4 Å². The van der Waals surface area contributed by atoms with Crippen molar-refractivity contribution in [1.82, 2.24) is 14.5 Å². The van der Waals surface area contributed by atoms with Crippen molar-refractivity contribution >= 4 is 82.6 Å². The summed E-state index contributed by atoms with van der Waals surface area (Å²) in [7, 11) is -8.15.